The number of nitrogens with zero attached hydrogens (tertiary/aromatic N) is 3. The molecule has 1 aromatic carbocycles. The lowest BCUT2D eigenvalue weighted by Crippen LogP contribution is -2.27. The van der Waals surface area contributed by atoms with Gasteiger partial charge in [-0.25, -0.2) is 18.4 Å². The second kappa shape index (κ2) is 8.12. The Morgan fingerprint density at radius 3 is 2.35 bits per heavy atom. The molecule has 4 aromatic rings. The van der Waals surface area contributed by atoms with Crippen molar-refractivity contribution in [1.82, 2.24) is 15.0 Å². The van der Waals surface area contributed by atoms with Gasteiger partial charge in [0.1, 0.15) is 4.21 Å². The van der Waals surface area contributed by atoms with E-state index in [2.05, 4.69) is 19.7 Å². The standard InChI is InChI=1S/C19H13F3N4O3S2/c20-19(21,22)16(12-5-3-9-23-11-12)29-18-17(24-13-6-1-2-7-14(13)25-18)26-31(27,28)15-8-4-10-30-15/h1-11,16H,(H,24,26). The first kappa shape index (κ1) is 21.0. The van der Waals surface area contributed by atoms with Gasteiger partial charge in [0.25, 0.3) is 15.9 Å². The first-order chi connectivity index (χ1) is 14.7. The van der Waals surface area contributed by atoms with E-state index in [0.717, 1.165) is 17.5 Å². The van der Waals surface area contributed by atoms with Crippen LogP contribution in [-0.4, -0.2) is 29.5 Å². The lowest BCUT2D eigenvalue weighted by Gasteiger charge is -2.22. The highest BCUT2D eigenvalue weighted by Crippen LogP contribution is 2.38. The molecule has 0 bridgehead atoms. The predicted molar refractivity (Wildman–Crippen MR) is 108 cm³/mol. The molecule has 0 aliphatic heterocycles. The molecule has 0 aliphatic rings. The van der Waals surface area contributed by atoms with E-state index < -0.39 is 34.0 Å². The molecule has 1 N–H and O–H groups in total. The zero-order chi connectivity index (χ0) is 22.1. The topological polar surface area (TPSA) is 94.1 Å². The molecular formula is C19H13F3N4O3S2. The van der Waals surface area contributed by atoms with Crippen molar-refractivity contribution in [2.75, 3.05) is 4.72 Å². The maximum absolute atomic E-state index is 13.8. The summed E-state index contributed by atoms with van der Waals surface area (Å²) in [5, 5.41) is 1.56. The Kier molecular flexibility index (Phi) is 5.50. The van der Waals surface area contributed by atoms with E-state index in [1.165, 1.54) is 36.5 Å². The summed E-state index contributed by atoms with van der Waals surface area (Å²) < 4.78 is 73.9. The Labute approximate surface area is 178 Å². The van der Waals surface area contributed by atoms with Crippen LogP contribution in [0.3, 0.4) is 0 Å². The number of thiophene rings is 1. The lowest BCUT2D eigenvalue weighted by atomic mass is 10.1. The number of halogens is 3. The van der Waals surface area contributed by atoms with E-state index in [1.54, 1.807) is 23.6 Å². The number of hydrogen-bond acceptors (Lipinski definition) is 7. The summed E-state index contributed by atoms with van der Waals surface area (Å²) >= 11 is 0.946. The summed E-state index contributed by atoms with van der Waals surface area (Å²) in [6.07, 6.45) is -4.91. The third-order valence-corrected chi connectivity index (χ3v) is 6.78. The number of rotatable bonds is 6. The van der Waals surface area contributed by atoms with E-state index in [1.807, 2.05) is 0 Å². The molecule has 0 saturated carbocycles. The van der Waals surface area contributed by atoms with Crippen LogP contribution in [0.2, 0.25) is 0 Å². The summed E-state index contributed by atoms with van der Waals surface area (Å²) in [7, 11) is -4.10. The van der Waals surface area contributed by atoms with Crippen LogP contribution < -0.4 is 9.46 Å². The van der Waals surface area contributed by atoms with E-state index in [-0.39, 0.29) is 20.8 Å². The molecule has 0 saturated heterocycles. The molecule has 4 rings (SSSR count). The maximum atomic E-state index is 13.8. The molecule has 1 atom stereocenters. The minimum absolute atomic E-state index is 0.0342. The van der Waals surface area contributed by atoms with Crippen molar-refractivity contribution in [2.45, 2.75) is 16.5 Å². The average Bonchev–Trinajstić information content (AvgIpc) is 3.28. The van der Waals surface area contributed by atoms with Crippen molar-refractivity contribution in [3.05, 3.63) is 71.9 Å². The monoisotopic (exact) mass is 466 g/mol. The highest BCUT2D eigenvalue weighted by atomic mass is 32.2. The maximum Gasteiger partial charge on any atom is 0.429 e. The first-order valence-corrected chi connectivity index (χ1v) is 11.1. The number of benzene rings is 1. The zero-order valence-corrected chi connectivity index (χ0v) is 17.1. The summed E-state index contributed by atoms with van der Waals surface area (Å²) in [6, 6.07) is 11.8. The van der Waals surface area contributed by atoms with Crippen LogP contribution in [0.25, 0.3) is 11.0 Å². The van der Waals surface area contributed by atoms with Gasteiger partial charge in [-0.1, -0.05) is 24.3 Å². The minimum atomic E-state index is -4.82. The Bertz CT molecular complexity index is 1300. The Morgan fingerprint density at radius 1 is 1.00 bits per heavy atom. The van der Waals surface area contributed by atoms with Gasteiger partial charge in [-0.15, -0.1) is 11.3 Å². The number of hydrogen-bond donors (Lipinski definition) is 1. The largest absolute Gasteiger partial charge is 0.457 e. The van der Waals surface area contributed by atoms with Crippen molar-refractivity contribution in [3.63, 3.8) is 0 Å². The normalized spacial score (nSPS) is 13.1. The number of para-hydroxylation sites is 2. The number of pyridine rings is 1. The van der Waals surface area contributed by atoms with Gasteiger partial charge in [-0.05, 0) is 29.6 Å². The fraction of sp³-hybridized carbons (Fsp3) is 0.105. The van der Waals surface area contributed by atoms with Crippen molar-refractivity contribution in [2.24, 2.45) is 0 Å². The van der Waals surface area contributed by atoms with Crippen LogP contribution in [0.1, 0.15) is 11.7 Å². The molecule has 0 fully saturated rings. The van der Waals surface area contributed by atoms with E-state index in [0.29, 0.717) is 0 Å². The highest BCUT2D eigenvalue weighted by molar-refractivity contribution is 7.94. The Morgan fingerprint density at radius 2 is 1.74 bits per heavy atom. The minimum Gasteiger partial charge on any atom is -0.457 e. The van der Waals surface area contributed by atoms with Crippen molar-refractivity contribution in [1.29, 1.82) is 0 Å². The number of aromatic nitrogens is 3. The number of anilines is 1. The Hall–Kier alpha value is -3.25. The van der Waals surface area contributed by atoms with Crippen LogP contribution in [0, 0.1) is 0 Å². The molecule has 7 nitrogen and oxygen atoms in total. The second-order valence-electron chi connectivity index (χ2n) is 6.23. The van der Waals surface area contributed by atoms with E-state index >= 15 is 0 Å². The molecule has 1 unspecified atom stereocenters. The second-order valence-corrected chi connectivity index (χ2v) is 9.09. The van der Waals surface area contributed by atoms with Crippen LogP contribution >= 0.6 is 11.3 Å². The van der Waals surface area contributed by atoms with Gasteiger partial charge in [0, 0.05) is 18.0 Å². The van der Waals surface area contributed by atoms with Crippen molar-refractivity contribution < 1.29 is 26.3 Å². The number of fused-ring (bicyclic) bond motifs is 1. The summed E-state index contributed by atoms with van der Waals surface area (Å²) in [5.74, 6) is -1.06. The van der Waals surface area contributed by atoms with Gasteiger partial charge in [0.05, 0.1) is 11.0 Å². The highest BCUT2D eigenvalue weighted by Gasteiger charge is 2.44. The number of alkyl halides is 3. The molecule has 3 aromatic heterocycles. The fourth-order valence-electron chi connectivity index (χ4n) is 2.69. The van der Waals surface area contributed by atoms with Crippen LogP contribution in [0.4, 0.5) is 19.0 Å². The zero-order valence-electron chi connectivity index (χ0n) is 15.4. The first-order valence-electron chi connectivity index (χ1n) is 8.70. The molecule has 12 heteroatoms. The van der Waals surface area contributed by atoms with Gasteiger partial charge < -0.3 is 4.74 Å². The summed E-state index contributed by atoms with van der Waals surface area (Å²) in [4.78, 5) is 11.9. The number of nitrogens with one attached hydrogen (secondary N) is 1. The Balaban J connectivity index is 1.81. The SMILES string of the molecule is O=S(=O)(Nc1nc2ccccc2nc1OC(c1cccnc1)C(F)(F)F)c1cccs1. The summed E-state index contributed by atoms with van der Waals surface area (Å²) in [6.45, 7) is 0. The van der Waals surface area contributed by atoms with Crippen LogP contribution in [0.5, 0.6) is 5.88 Å². The fourth-order valence-corrected chi connectivity index (χ4v) is 4.69. The molecule has 160 valence electrons. The molecule has 0 aliphatic carbocycles. The van der Waals surface area contributed by atoms with Gasteiger partial charge >= 0.3 is 6.18 Å². The third-order valence-electron chi connectivity index (χ3n) is 4.04. The van der Waals surface area contributed by atoms with Gasteiger partial charge in [-0.3, -0.25) is 9.71 Å². The molecule has 3 heterocycles. The van der Waals surface area contributed by atoms with E-state index in [4.69, 9.17) is 4.74 Å². The molecule has 0 radical (unpaired) electrons. The lowest BCUT2D eigenvalue weighted by molar-refractivity contribution is -0.198. The smallest absolute Gasteiger partial charge is 0.429 e. The molecule has 31 heavy (non-hydrogen) atoms. The number of sulfonamides is 1. The van der Waals surface area contributed by atoms with Crippen LogP contribution in [-0.2, 0) is 10.0 Å². The van der Waals surface area contributed by atoms with Crippen molar-refractivity contribution >= 4 is 38.2 Å². The van der Waals surface area contributed by atoms with E-state index in [9.17, 15) is 21.6 Å². The van der Waals surface area contributed by atoms with Gasteiger partial charge in [-0.2, -0.15) is 13.2 Å². The summed E-state index contributed by atoms with van der Waals surface area (Å²) in [5.41, 5.74) is 0.254. The van der Waals surface area contributed by atoms with Crippen molar-refractivity contribution in [3.8, 4) is 5.88 Å². The molecular weight excluding hydrogens is 453 g/mol. The quantitative estimate of drug-likeness (QED) is 0.447. The average molecular weight is 466 g/mol. The molecule has 0 spiro atoms. The number of ether oxygens (including phenoxy) is 1. The predicted octanol–water partition coefficient (Wildman–Crippen LogP) is 4.57. The van der Waals surface area contributed by atoms with Crippen LogP contribution in [0.15, 0.2) is 70.5 Å². The van der Waals surface area contributed by atoms with Gasteiger partial charge in [0.15, 0.2) is 0 Å². The molecule has 0 amide bonds. The third kappa shape index (κ3) is 4.59. The van der Waals surface area contributed by atoms with Gasteiger partial charge in [0.2, 0.25) is 11.9 Å².